The van der Waals surface area contributed by atoms with Crippen LogP contribution in [-0.4, -0.2) is 15.9 Å². The molecule has 2 atom stereocenters. The molecule has 1 heterocycles. The Morgan fingerprint density at radius 3 is 2.48 bits per heavy atom. The fourth-order valence-corrected chi connectivity index (χ4v) is 5.41. The van der Waals surface area contributed by atoms with Crippen molar-refractivity contribution in [2.24, 2.45) is 11.3 Å². The Bertz CT molecular complexity index is 1000. The van der Waals surface area contributed by atoms with Crippen molar-refractivity contribution < 1.29 is 30.0 Å². The van der Waals surface area contributed by atoms with Gasteiger partial charge in [-0.2, -0.15) is 0 Å². The summed E-state index contributed by atoms with van der Waals surface area (Å²) < 4.78 is 0. The fourth-order valence-electron chi connectivity index (χ4n) is 5.41. The average molecular weight is 595 g/mol. The normalized spacial score (nSPS) is 22.5. The van der Waals surface area contributed by atoms with E-state index < -0.39 is 0 Å². The summed E-state index contributed by atoms with van der Waals surface area (Å²) in [7, 11) is 0. The van der Waals surface area contributed by atoms with Gasteiger partial charge in [0.1, 0.15) is 0 Å². The van der Waals surface area contributed by atoms with Crippen molar-refractivity contribution >= 4 is 5.78 Å². The van der Waals surface area contributed by atoms with Gasteiger partial charge in [0, 0.05) is 32.4 Å². The van der Waals surface area contributed by atoms with Crippen molar-refractivity contribution in [2.45, 2.75) is 72.1 Å². The number of pyridine rings is 1. The minimum Gasteiger partial charge on any atom is -0.512 e. The number of rotatable bonds is 2. The molecule has 167 valence electrons. The van der Waals surface area contributed by atoms with Gasteiger partial charge in [-0.1, -0.05) is 39.2 Å². The van der Waals surface area contributed by atoms with Gasteiger partial charge in [-0.3, -0.25) is 4.79 Å². The Hall–Kier alpha value is -1.77. The molecule has 1 aromatic carbocycles. The quantitative estimate of drug-likeness (QED) is 0.258. The van der Waals surface area contributed by atoms with Crippen molar-refractivity contribution in [1.82, 2.24) is 4.98 Å². The van der Waals surface area contributed by atoms with Gasteiger partial charge in [0.15, 0.2) is 5.78 Å². The Morgan fingerprint density at radius 1 is 1.16 bits per heavy atom. The Kier molecular flexibility index (Phi) is 7.23. The zero-order valence-electron chi connectivity index (χ0n) is 18.9. The second-order valence-corrected chi connectivity index (χ2v) is 9.78. The number of hydrogen-bond donors (Lipinski definition) is 1. The van der Waals surface area contributed by atoms with E-state index >= 15 is 0 Å². The minimum atomic E-state index is -0.125. The maximum Gasteiger partial charge on any atom is 0.155 e. The molecule has 0 spiro atoms. The van der Waals surface area contributed by atoms with E-state index in [-0.39, 0.29) is 31.6 Å². The van der Waals surface area contributed by atoms with Crippen molar-refractivity contribution in [3.05, 3.63) is 64.6 Å². The van der Waals surface area contributed by atoms with Crippen LogP contribution >= 0.6 is 0 Å². The molecule has 2 bridgehead atoms. The predicted molar refractivity (Wildman–Crippen MR) is 121 cm³/mol. The molecular formula is C27H32IrNO2-. The number of fused-ring (bicyclic) bond motifs is 1. The van der Waals surface area contributed by atoms with E-state index in [1.165, 1.54) is 80.7 Å². The van der Waals surface area contributed by atoms with Gasteiger partial charge in [-0.15, -0.1) is 34.9 Å². The number of allylic oxidation sites excluding steroid dienone is 2. The number of ketones is 1. The first-order valence-corrected chi connectivity index (χ1v) is 11.2. The second-order valence-electron chi connectivity index (χ2n) is 9.78. The molecule has 3 nitrogen and oxygen atoms in total. The molecule has 6 rings (SSSR count). The van der Waals surface area contributed by atoms with Crippen LogP contribution in [0.2, 0.25) is 0 Å². The first-order valence-electron chi connectivity index (χ1n) is 11.2. The number of aliphatic hydroxyl groups excluding tert-OH is 1. The van der Waals surface area contributed by atoms with Gasteiger partial charge in [0.05, 0.1) is 5.76 Å². The molecule has 4 aliphatic rings. The van der Waals surface area contributed by atoms with Crippen LogP contribution in [0.25, 0.3) is 11.3 Å². The standard InChI is InChI=1S/C22H24N.C5H8O2.Ir/c1-22(2)18-10-17-11-21(23-13-19(17)20(22)12-18)16-8-7-14-5-3-4-6-15(14)9-16;1-4(6)3-5(2)7;/h7,9,11,13,18,20H,3-6,10,12H2,1-2H3;3,6H,1-2H3;/q-1;;. The molecular weight excluding hydrogens is 563 g/mol. The summed E-state index contributed by atoms with van der Waals surface area (Å²) in [6.45, 7) is 7.71. The number of carbonyl (C=O) groups excluding carboxylic acids is 1. The molecule has 0 aliphatic heterocycles. The van der Waals surface area contributed by atoms with Gasteiger partial charge in [-0.05, 0) is 67.2 Å². The molecule has 1 aromatic heterocycles. The largest absolute Gasteiger partial charge is 0.512 e. The van der Waals surface area contributed by atoms with Crippen LogP contribution < -0.4 is 0 Å². The summed E-state index contributed by atoms with van der Waals surface area (Å²) in [5, 5.41) is 8.36. The molecule has 1 N–H and O–H groups in total. The smallest absolute Gasteiger partial charge is 0.155 e. The maximum atomic E-state index is 10.0. The first kappa shape index (κ1) is 23.9. The third kappa shape index (κ3) is 4.86. The number of carbonyl (C=O) groups is 1. The monoisotopic (exact) mass is 595 g/mol. The van der Waals surface area contributed by atoms with E-state index in [1.807, 2.05) is 0 Å². The number of aryl methyl sites for hydroxylation is 2. The predicted octanol–water partition coefficient (Wildman–Crippen LogP) is 6.15. The molecule has 1 fully saturated rings. The van der Waals surface area contributed by atoms with Crippen molar-refractivity contribution in [1.29, 1.82) is 0 Å². The summed E-state index contributed by atoms with van der Waals surface area (Å²) in [5.74, 6) is 1.53. The van der Waals surface area contributed by atoms with Crippen molar-refractivity contribution in [3.8, 4) is 11.3 Å². The molecule has 1 saturated carbocycles. The molecule has 0 amide bonds. The zero-order chi connectivity index (χ0) is 21.5. The summed E-state index contributed by atoms with van der Waals surface area (Å²) in [6, 6.07) is 10.4. The molecule has 4 heteroatoms. The fraction of sp³-hybridized carbons (Fsp3) is 0.481. The third-order valence-corrected chi connectivity index (χ3v) is 7.30. The number of nitrogens with zero attached hydrogens (tertiary/aromatic N) is 1. The van der Waals surface area contributed by atoms with Gasteiger partial charge in [-0.25, -0.2) is 0 Å². The van der Waals surface area contributed by atoms with Crippen LogP contribution in [-0.2, 0) is 44.2 Å². The van der Waals surface area contributed by atoms with E-state index in [0.717, 1.165) is 17.5 Å². The Labute approximate surface area is 199 Å². The van der Waals surface area contributed by atoms with E-state index in [1.54, 1.807) is 5.56 Å². The summed E-state index contributed by atoms with van der Waals surface area (Å²) in [5.41, 5.74) is 8.87. The zero-order valence-corrected chi connectivity index (χ0v) is 21.3. The van der Waals surface area contributed by atoms with Crippen LogP contribution in [0.15, 0.2) is 36.2 Å². The van der Waals surface area contributed by atoms with Crippen LogP contribution in [0.3, 0.4) is 0 Å². The van der Waals surface area contributed by atoms with Crippen LogP contribution in [0.5, 0.6) is 0 Å². The Balaban J connectivity index is 0.000000299. The number of aliphatic hydroxyl groups is 1. The summed E-state index contributed by atoms with van der Waals surface area (Å²) in [4.78, 5) is 14.8. The minimum absolute atomic E-state index is 0. The second kappa shape index (κ2) is 9.38. The van der Waals surface area contributed by atoms with Crippen molar-refractivity contribution in [3.63, 3.8) is 0 Å². The van der Waals surface area contributed by atoms with Gasteiger partial charge >= 0.3 is 0 Å². The Morgan fingerprint density at radius 2 is 1.87 bits per heavy atom. The molecule has 2 unspecified atom stereocenters. The SMILES string of the molecule is CC(=O)C=C(C)O.CC1(C)C2Cc3cc(-c4[c-]cc5c(c4)CCCC5)ncc3C1C2.[Ir]. The maximum absolute atomic E-state index is 10.0. The van der Waals surface area contributed by atoms with E-state index in [9.17, 15) is 4.79 Å². The van der Waals surface area contributed by atoms with Gasteiger partial charge in [0.25, 0.3) is 0 Å². The summed E-state index contributed by atoms with van der Waals surface area (Å²) >= 11 is 0. The number of aromatic nitrogens is 1. The topological polar surface area (TPSA) is 50.2 Å². The van der Waals surface area contributed by atoms with Crippen LogP contribution in [0.4, 0.5) is 0 Å². The third-order valence-electron chi connectivity index (χ3n) is 7.30. The van der Waals surface area contributed by atoms with Gasteiger partial charge in [0.2, 0.25) is 0 Å². The van der Waals surface area contributed by atoms with Crippen LogP contribution in [0.1, 0.15) is 75.1 Å². The summed E-state index contributed by atoms with van der Waals surface area (Å²) in [6.07, 6.45) is 11.0. The van der Waals surface area contributed by atoms with Crippen LogP contribution in [0, 0.1) is 17.4 Å². The average Bonchev–Trinajstić information content (AvgIpc) is 2.71. The molecule has 4 aliphatic carbocycles. The first-order chi connectivity index (χ1) is 14.3. The molecule has 2 aromatic rings. The van der Waals surface area contributed by atoms with Crippen molar-refractivity contribution in [2.75, 3.05) is 0 Å². The number of benzene rings is 1. The number of hydrogen-bond acceptors (Lipinski definition) is 3. The molecule has 0 saturated heterocycles. The van der Waals surface area contributed by atoms with Gasteiger partial charge < -0.3 is 10.1 Å². The molecule has 1 radical (unpaired) electrons. The van der Waals surface area contributed by atoms with E-state index in [4.69, 9.17) is 10.1 Å². The van der Waals surface area contributed by atoms with E-state index in [2.05, 4.69) is 44.3 Å². The molecule has 31 heavy (non-hydrogen) atoms. The van der Waals surface area contributed by atoms with E-state index in [0.29, 0.717) is 5.41 Å².